The number of β-amino-alcohol motifs (C(OH)–C–C–N with tert-alkyl or cyclic N) is 1. The minimum Gasteiger partial charge on any atom is -0.474 e. The Hall–Kier alpha value is -6.56. The largest absolute Gasteiger partial charge is 0.474 e. The number of aliphatic hydroxyl groups is 1. The van der Waals surface area contributed by atoms with E-state index in [4.69, 9.17) is 23.7 Å². The summed E-state index contributed by atoms with van der Waals surface area (Å²) in [5.41, 5.74) is 5.81. The lowest BCUT2D eigenvalue weighted by atomic mass is 9.85. The van der Waals surface area contributed by atoms with E-state index in [2.05, 4.69) is 35.8 Å². The molecule has 5 heterocycles. The molecule has 0 bridgehead atoms. The zero-order chi connectivity index (χ0) is 54.6. The van der Waals surface area contributed by atoms with Gasteiger partial charge in [-0.05, 0) is 67.6 Å². The van der Waals surface area contributed by atoms with Crippen LogP contribution in [-0.2, 0) is 39.5 Å². The molecule has 2 fully saturated rings. The van der Waals surface area contributed by atoms with Crippen molar-refractivity contribution in [2.45, 2.75) is 78.4 Å². The molecule has 4 amide bonds. The fraction of sp³-hybridized carbons (Fsp3) is 0.463. The Balaban J connectivity index is 0.824. The summed E-state index contributed by atoms with van der Waals surface area (Å²) in [5.74, 6) is -1.74. The number of aliphatic hydroxyl groups excluding tert-OH is 1. The van der Waals surface area contributed by atoms with Crippen molar-refractivity contribution in [1.82, 2.24) is 30.5 Å². The average molecular weight is 1080 g/mol. The Labute approximate surface area is 443 Å². The van der Waals surface area contributed by atoms with Crippen LogP contribution in [0.4, 0.5) is 24.5 Å². The van der Waals surface area contributed by atoms with E-state index in [1.807, 2.05) is 65.0 Å². The summed E-state index contributed by atoms with van der Waals surface area (Å²) in [4.78, 5) is 71.7. The number of amides is 4. The summed E-state index contributed by atoms with van der Waals surface area (Å²) in [5, 5.41) is 19.1. The molecule has 0 spiro atoms. The second-order valence-electron chi connectivity index (χ2n) is 19.5. The molecule has 0 saturated carbocycles. The summed E-state index contributed by atoms with van der Waals surface area (Å²) in [7, 11) is 0. The van der Waals surface area contributed by atoms with Gasteiger partial charge in [-0.25, -0.2) is 9.97 Å². The van der Waals surface area contributed by atoms with Crippen LogP contribution in [0, 0.1) is 19.3 Å². The van der Waals surface area contributed by atoms with Gasteiger partial charge in [0.2, 0.25) is 23.6 Å². The Morgan fingerprint density at radius 1 is 0.842 bits per heavy atom. The number of hydrogen-bond donors (Lipinski definition) is 4. The van der Waals surface area contributed by atoms with Crippen LogP contribution in [0.3, 0.4) is 0 Å². The van der Waals surface area contributed by atoms with Crippen LogP contribution < -0.4 is 25.6 Å². The SMILES string of the molecule is Cc1ncc(NC(=O)c2cccc(C(F)(F)F)c2)cc1-c1cnc(OCCOCCOCCOCC(=O)N[C@@H](C(=O)N2C[C@H](O)C[C@H]2C(=O)N[C@@H](C)c2ccc(-c3scnc3C)cc2)C(C)(C)C)c(N2CCOCC2)c1. The number of carbonyl (C=O) groups excluding carboxylic acids is 4. The highest BCUT2D eigenvalue weighted by molar-refractivity contribution is 7.13. The van der Waals surface area contributed by atoms with Gasteiger partial charge in [-0.1, -0.05) is 51.1 Å². The first-order valence-corrected chi connectivity index (χ1v) is 25.9. The first-order valence-electron chi connectivity index (χ1n) is 25.0. The van der Waals surface area contributed by atoms with E-state index < -0.39 is 59.0 Å². The molecule has 7 rings (SSSR count). The van der Waals surface area contributed by atoms with Gasteiger partial charge in [-0.2, -0.15) is 13.2 Å². The number of carbonyl (C=O) groups is 4. The number of hydrogen-bond acceptors (Lipinski definition) is 15. The summed E-state index contributed by atoms with van der Waals surface area (Å²) in [6.45, 7) is 14.0. The number of morpholine rings is 1. The third kappa shape index (κ3) is 15.3. The lowest BCUT2D eigenvalue weighted by Gasteiger charge is -2.35. The predicted octanol–water partition coefficient (Wildman–Crippen LogP) is 6.79. The minimum absolute atomic E-state index is 0.0502. The van der Waals surface area contributed by atoms with Crippen LogP contribution in [0.5, 0.6) is 5.88 Å². The van der Waals surface area contributed by atoms with Crippen molar-refractivity contribution in [3.05, 3.63) is 107 Å². The number of rotatable bonds is 22. The molecule has 0 aliphatic carbocycles. The van der Waals surface area contributed by atoms with Crippen molar-refractivity contribution in [2.24, 2.45) is 5.41 Å². The highest BCUT2D eigenvalue weighted by Crippen LogP contribution is 2.35. The molecule has 18 nitrogen and oxygen atoms in total. The van der Waals surface area contributed by atoms with Gasteiger partial charge in [0, 0.05) is 54.6 Å². The molecule has 76 heavy (non-hydrogen) atoms. The van der Waals surface area contributed by atoms with E-state index in [-0.39, 0.29) is 70.8 Å². The summed E-state index contributed by atoms with van der Waals surface area (Å²) >= 11 is 1.56. The number of nitrogens with zero attached hydrogens (tertiary/aromatic N) is 5. The van der Waals surface area contributed by atoms with Gasteiger partial charge >= 0.3 is 6.18 Å². The van der Waals surface area contributed by atoms with Gasteiger partial charge in [0.05, 0.1) is 91.9 Å². The molecule has 2 aliphatic heterocycles. The molecule has 3 aromatic heterocycles. The lowest BCUT2D eigenvalue weighted by molar-refractivity contribution is -0.144. The number of likely N-dealkylation sites (tertiary alicyclic amines) is 1. The Kier molecular flexibility index (Phi) is 19.5. The first-order chi connectivity index (χ1) is 36.3. The number of ether oxygens (including phenoxy) is 5. The van der Waals surface area contributed by atoms with Crippen molar-refractivity contribution in [2.75, 3.05) is 89.3 Å². The van der Waals surface area contributed by atoms with E-state index in [9.17, 15) is 37.5 Å². The number of alkyl halides is 3. The van der Waals surface area contributed by atoms with Crippen LogP contribution in [0.1, 0.15) is 73.0 Å². The smallest absolute Gasteiger partial charge is 0.416 e. The molecule has 4 N–H and O–H groups in total. The number of nitrogens with one attached hydrogen (secondary N) is 3. The number of thiazole rings is 1. The fourth-order valence-corrected chi connectivity index (χ4v) is 9.50. The van der Waals surface area contributed by atoms with Crippen molar-refractivity contribution in [1.29, 1.82) is 0 Å². The van der Waals surface area contributed by atoms with E-state index >= 15 is 0 Å². The van der Waals surface area contributed by atoms with Gasteiger partial charge in [0.25, 0.3) is 5.91 Å². The minimum atomic E-state index is -4.59. The second-order valence-corrected chi connectivity index (χ2v) is 20.4. The van der Waals surface area contributed by atoms with Crippen LogP contribution in [-0.4, -0.2) is 146 Å². The van der Waals surface area contributed by atoms with Gasteiger partial charge < -0.3 is 54.5 Å². The molecule has 5 aromatic rings. The van der Waals surface area contributed by atoms with Gasteiger partial charge in [0.15, 0.2) is 0 Å². The normalized spacial score (nSPS) is 16.8. The Morgan fingerprint density at radius 2 is 1.54 bits per heavy atom. The molecule has 2 aromatic carbocycles. The Bertz CT molecular complexity index is 2790. The maximum Gasteiger partial charge on any atom is 0.416 e. The maximum atomic E-state index is 14.1. The average Bonchev–Trinajstić information content (AvgIpc) is 4.02. The monoisotopic (exact) mass is 1070 g/mol. The highest BCUT2D eigenvalue weighted by atomic mass is 32.1. The van der Waals surface area contributed by atoms with E-state index in [1.54, 1.807) is 36.0 Å². The fourth-order valence-electron chi connectivity index (χ4n) is 8.68. The van der Waals surface area contributed by atoms with E-state index in [0.29, 0.717) is 60.4 Å². The number of benzene rings is 2. The molecule has 2 saturated heterocycles. The number of pyridine rings is 2. The Morgan fingerprint density at radius 3 is 2.21 bits per heavy atom. The number of aromatic nitrogens is 3. The quantitative estimate of drug-likeness (QED) is 0.0526. The van der Waals surface area contributed by atoms with Crippen LogP contribution in [0.2, 0.25) is 0 Å². The zero-order valence-electron chi connectivity index (χ0n) is 43.4. The van der Waals surface area contributed by atoms with Crippen LogP contribution >= 0.6 is 11.3 Å². The molecule has 22 heteroatoms. The van der Waals surface area contributed by atoms with Crippen LogP contribution in [0.25, 0.3) is 21.6 Å². The number of halogens is 3. The van der Waals surface area contributed by atoms with Gasteiger partial charge in [0.1, 0.15) is 31.0 Å². The third-order valence-electron chi connectivity index (χ3n) is 12.8. The molecule has 2 aliphatic rings. The molecule has 0 radical (unpaired) electrons. The summed E-state index contributed by atoms with van der Waals surface area (Å²) in [6, 6.07) is 13.3. The summed E-state index contributed by atoms with van der Waals surface area (Å²) < 4.78 is 68.5. The van der Waals surface area contributed by atoms with E-state index in [0.717, 1.165) is 33.8 Å². The molecule has 408 valence electrons. The van der Waals surface area contributed by atoms with Crippen LogP contribution in [0.15, 0.2) is 78.6 Å². The topological polar surface area (TPSA) is 216 Å². The molecule has 4 atom stereocenters. The zero-order valence-corrected chi connectivity index (χ0v) is 44.2. The number of anilines is 2. The predicted molar refractivity (Wildman–Crippen MR) is 279 cm³/mol. The van der Waals surface area contributed by atoms with Crippen molar-refractivity contribution >= 4 is 46.3 Å². The molecular weight excluding hydrogens is 1010 g/mol. The summed E-state index contributed by atoms with van der Waals surface area (Å²) in [6.07, 6.45) is -2.38. The molecular formula is C54H65F3N8O10S. The number of aryl methyl sites for hydroxylation is 2. The maximum absolute atomic E-state index is 14.1. The standard InChI is InChI=1S/C54H65F3N8O10S/c1-33(36-10-12-37(13-11-36)47-35(3)60-32-76-47)61-50(69)44-27-42(66)30-65(44)52(70)48(53(4,5)6)63-46(67)31-74-21-20-72-18-19-73-22-23-75-51-45(64-14-16-71-17-15-64)25-39(28-59-51)43-26-41(29-58-34(43)2)62-49(68)38-8-7-9-40(24-38)54(55,56)57/h7-13,24-26,28-29,32-33,42,44,48,66H,14-23,27,30-31H2,1-6H3,(H,61,69)(H,62,68)(H,63,67)/t33-,42+,44-,48-/m0/s1. The third-order valence-corrected chi connectivity index (χ3v) is 13.8. The lowest BCUT2D eigenvalue weighted by Crippen LogP contribution is -2.58. The van der Waals surface area contributed by atoms with Crippen molar-refractivity contribution in [3.8, 4) is 27.4 Å². The van der Waals surface area contributed by atoms with Crippen molar-refractivity contribution < 1.29 is 61.1 Å². The molecule has 0 unspecified atom stereocenters. The van der Waals surface area contributed by atoms with E-state index in [1.165, 1.54) is 23.2 Å². The van der Waals surface area contributed by atoms with Gasteiger partial charge in [-0.3, -0.25) is 24.2 Å². The highest BCUT2D eigenvalue weighted by Gasteiger charge is 2.45. The second kappa shape index (κ2) is 26.0. The van der Waals surface area contributed by atoms with Crippen molar-refractivity contribution in [3.63, 3.8) is 0 Å². The first kappa shape index (κ1) is 57.2. The van der Waals surface area contributed by atoms with Gasteiger partial charge in [-0.15, -0.1) is 11.3 Å².